The molecule has 0 N–H and O–H groups in total. The molecule has 0 radical (unpaired) electrons. The highest BCUT2D eigenvalue weighted by molar-refractivity contribution is 5.76. The van der Waals surface area contributed by atoms with Crippen molar-refractivity contribution in [1.82, 2.24) is 0 Å². The first-order valence-corrected chi connectivity index (χ1v) is 11.0. The van der Waals surface area contributed by atoms with Gasteiger partial charge in [-0.2, -0.15) is 26.3 Å². The predicted molar refractivity (Wildman–Crippen MR) is 105 cm³/mol. The Labute approximate surface area is 191 Å². The second-order valence-corrected chi connectivity index (χ2v) is 9.52. The van der Waals surface area contributed by atoms with Crippen LogP contribution in [0.5, 0.6) is 5.75 Å². The van der Waals surface area contributed by atoms with E-state index in [1.54, 1.807) is 25.1 Å². The normalized spacial score (nSPS) is 32.8. The molecule has 0 heterocycles. The molecule has 3 aliphatic rings. The van der Waals surface area contributed by atoms with Crippen molar-refractivity contribution in [3.05, 3.63) is 29.3 Å². The molecule has 6 atom stereocenters. The van der Waals surface area contributed by atoms with Crippen LogP contribution in [0.4, 0.5) is 26.3 Å². The second kappa shape index (κ2) is 8.34. The van der Waals surface area contributed by atoms with E-state index in [1.807, 2.05) is 0 Å². The number of benzene rings is 1. The molecular formula is C23H24F6O5. The molecule has 0 unspecified atom stereocenters. The number of carbonyl (C=O) groups is 2. The van der Waals surface area contributed by atoms with Crippen LogP contribution in [0.2, 0.25) is 0 Å². The third-order valence-electron chi connectivity index (χ3n) is 7.77. The van der Waals surface area contributed by atoms with Gasteiger partial charge in [0, 0.05) is 11.3 Å². The van der Waals surface area contributed by atoms with Gasteiger partial charge in [-0.3, -0.25) is 0 Å². The van der Waals surface area contributed by atoms with Crippen molar-refractivity contribution in [2.75, 3.05) is 7.11 Å². The molecule has 0 spiro atoms. The summed E-state index contributed by atoms with van der Waals surface area (Å²) < 4.78 is 92.8. The van der Waals surface area contributed by atoms with Gasteiger partial charge >= 0.3 is 24.3 Å². The van der Waals surface area contributed by atoms with Crippen LogP contribution in [-0.4, -0.2) is 43.6 Å². The van der Waals surface area contributed by atoms with E-state index in [9.17, 15) is 35.9 Å². The van der Waals surface area contributed by atoms with Crippen LogP contribution in [-0.2, 0) is 25.5 Å². The van der Waals surface area contributed by atoms with Gasteiger partial charge in [0.15, 0.2) is 0 Å². The summed E-state index contributed by atoms with van der Waals surface area (Å²) in [4.78, 5) is 23.3. The highest BCUT2D eigenvalue weighted by atomic mass is 19.4. The Morgan fingerprint density at radius 3 is 2.24 bits per heavy atom. The molecule has 0 aliphatic heterocycles. The second-order valence-electron chi connectivity index (χ2n) is 9.52. The summed E-state index contributed by atoms with van der Waals surface area (Å²) in [6, 6.07) is 5.23. The monoisotopic (exact) mass is 494 g/mol. The molecule has 0 amide bonds. The fourth-order valence-corrected chi connectivity index (χ4v) is 6.39. The van der Waals surface area contributed by atoms with E-state index in [4.69, 9.17) is 14.2 Å². The molecule has 11 heteroatoms. The Morgan fingerprint density at radius 2 is 1.62 bits per heavy atom. The fourth-order valence-electron chi connectivity index (χ4n) is 6.39. The standard InChI is InChI=1S/C23H24F6O5/c1-21-10-16(33-19(30)22(24,25)26)18-13-6-4-12(32-2)9-11(13)3-5-14(18)15(21)7-8-17(21)34-20(31)23(27,28)29/h4,6,9,14-18H,3,5,7-8,10H2,1-2H3/t14-,15-,16+,17-,18+,21-/m0/s1. The van der Waals surface area contributed by atoms with Crippen molar-refractivity contribution in [3.63, 3.8) is 0 Å². The predicted octanol–water partition coefficient (Wildman–Crippen LogP) is 5.11. The zero-order valence-corrected chi connectivity index (χ0v) is 18.5. The maximum atomic E-state index is 13.1. The average molecular weight is 494 g/mol. The Hall–Kier alpha value is -2.46. The molecule has 1 aromatic carbocycles. The van der Waals surface area contributed by atoms with Gasteiger partial charge in [-0.15, -0.1) is 0 Å². The van der Waals surface area contributed by atoms with E-state index in [0.29, 0.717) is 25.0 Å². The zero-order valence-electron chi connectivity index (χ0n) is 18.5. The quantitative estimate of drug-likeness (QED) is 0.432. The number of carbonyl (C=O) groups excluding carboxylic acids is 2. The van der Waals surface area contributed by atoms with Crippen LogP contribution < -0.4 is 4.74 Å². The van der Waals surface area contributed by atoms with Gasteiger partial charge in [0.05, 0.1) is 7.11 Å². The van der Waals surface area contributed by atoms with Gasteiger partial charge < -0.3 is 14.2 Å². The van der Waals surface area contributed by atoms with E-state index in [2.05, 4.69) is 0 Å². The van der Waals surface area contributed by atoms with Gasteiger partial charge in [-0.05, 0) is 67.2 Å². The molecule has 2 saturated carbocycles. The Morgan fingerprint density at radius 1 is 0.971 bits per heavy atom. The number of ether oxygens (including phenoxy) is 3. The minimum absolute atomic E-state index is 0.151. The summed E-state index contributed by atoms with van der Waals surface area (Å²) in [6.07, 6.45) is -11.2. The molecule has 1 aromatic rings. The van der Waals surface area contributed by atoms with Gasteiger partial charge in [0.2, 0.25) is 0 Å². The van der Waals surface area contributed by atoms with E-state index in [-0.39, 0.29) is 24.7 Å². The Bertz CT molecular complexity index is 974. The molecule has 34 heavy (non-hydrogen) atoms. The third-order valence-corrected chi connectivity index (χ3v) is 7.77. The van der Waals surface area contributed by atoms with Crippen LogP contribution >= 0.6 is 0 Å². The lowest BCUT2D eigenvalue weighted by Gasteiger charge is -2.53. The summed E-state index contributed by atoms with van der Waals surface area (Å²) >= 11 is 0. The smallest absolute Gasteiger partial charge is 0.490 e. The van der Waals surface area contributed by atoms with Crippen LogP contribution in [0.15, 0.2) is 18.2 Å². The van der Waals surface area contributed by atoms with Crippen molar-refractivity contribution < 1.29 is 50.1 Å². The molecule has 0 bridgehead atoms. The van der Waals surface area contributed by atoms with E-state index in [0.717, 1.165) is 11.1 Å². The number of esters is 2. The summed E-state index contributed by atoms with van der Waals surface area (Å²) in [5.74, 6) is -5.11. The maximum absolute atomic E-state index is 13.1. The van der Waals surface area contributed by atoms with Crippen molar-refractivity contribution in [3.8, 4) is 5.75 Å². The fraction of sp³-hybridized carbons (Fsp3) is 0.652. The van der Waals surface area contributed by atoms with Crippen molar-refractivity contribution in [1.29, 1.82) is 0 Å². The highest BCUT2D eigenvalue weighted by Crippen LogP contribution is 2.62. The van der Waals surface area contributed by atoms with Crippen LogP contribution in [0.1, 0.15) is 49.7 Å². The summed E-state index contributed by atoms with van der Waals surface area (Å²) in [6.45, 7) is 1.62. The molecule has 3 aliphatic carbocycles. The van der Waals surface area contributed by atoms with Gasteiger partial charge in [-0.1, -0.05) is 13.0 Å². The van der Waals surface area contributed by atoms with Crippen molar-refractivity contribution >= 4 is 11.9 Å². The van der Waals surface area contributed by atoms with E-state index < -0.39 is 47.8 Å². The zero-order chi connectivity index (χ0) is 25.1. The molecule has 5 nitrogen and oxygen atoms in total. The number of hydrogen-bond acceptors (Lipinski definition) is 5. The minimum Gasteiger partial charge on any atom is -0.497 e. The Kier molecular flexibility index (Phi) is 6.05. The topological polar surface area (TPSA) is 61.8 Å². The van der Waals surface area contributed by atoms with Crippen LogP contribution in [0, 0.1) is 17.3 Å². The molecule has 4 rings (SSSR count). The van der Waals surface area contributed by atoms with E-state index in [1.165, 1.54) is 7.11 Å². The molecule has 2 fully saturated rings. The molecule has 0 aromatic heterocycles. The minimum atomic E-state index is -5.22. The van der Waals surface area contributed by atoms with Gasteiger partial charge in [-0.25, -0.2) is 9.59 Å². The lowest BCUT2D eigenvalue weighted by molar-refractivity contribution is -0.220. The highest BCUT2D eigenvalue weighted by Gasteiger charge is 2.61. The largest absolute Gasteiger partial charge is 0.497 e. The molecule has 188 valence electrons. The van der Waals surface area contributed by atoms with Crippen molar-refractivity contribution in [2.45, 2.75) is 69.5 Å². The number of fused-ring (bicyclic) bond motifs is 5. The number of rotatable bonds is 3. The SMILES string of the molecule is COc1ccc2c(c1)CC[C@@H]1[C@@H]2[C@H](OC(=O)C(F)(F)F)C[C@]2(C)[C@@H](OC(=O)C(F)(F)F)CC[C@@H]12. The van der Waals surface area contributed by atoms with Gasteiger partial charge in [0.25, 0.3) is 0 Å². The third kappa shape index (κ3) is 4.22. The lowest BCUT2D eigenvalue weighted by Crippen LogP contribution is -2.53. The van der Waals surface area contributed by atoms with E-state index >= 15 is 0 Å². The van der Waals surface area contributed by atoms with Gasteiger partial charge in [0.1, 0.15) is 18.0 Å². The Balaban J connectivity index is 1.71. The first-order chi connectivity index (χ1) is 15.8. The lowest BCUT2D eigenvalue weighted by atomic mass is 9.54. The number of alkyl halides is 6. The first kappa shape index (κ1) is 24.7. The summed E-state index contributed by atoms with van der Waals surface area (Å²) in [7, 11) is 1.49. The molecular weight excluding hydrogens is 470 g/mol. The molecule has 0 saturated heterocycles. The van der Waals surface area contributed by atoms with Crippen LogP contribution in [0.25, 0.3) is 0 Å². The van der Waals surface area contributed by atoms with Crippen molar-refractivity contribution in [2.24, 2.45) is 17.3 Å². The first-order valence-electron chi connectivity index (χ1n) is 11.0. The number of methoxy groups -OCH3 is 1. The number of aryl methyl sites for hydroxylation is 1. The summed E-state index contributed by atoms with van der Waals surface area (Å²) in [5, 5.41) is 0. The van der Waals surface area contributed by atoms with Crippen LogP contribution in [0.3, 0.4) is 0 Å². The maximum Gasteiger partial charge on any atom is 0.490 e. The number of hydrogen-bond donors (Lipinski definition) is 0. The summed E-state index contributed by atoms with van der Waals surface area (Å²) in [5.41, 5.74) is 0.549. The number of halogens is 6. The average Bonchev–Trinajstić information content (AvgIpc) is 3.07.